The lowest BCUT2D eigenvalue weighted by atomic mass is 10.1. The number of pyridine rings is 1. The molecule has 0 bridgehead atoms. The summed E-state index contributed by atoms with van der Waals surface area (Å²) in [5.74, 6) is -0.125. The van der Waals surface area contributed by atoms with E-state index in [1.807, 2.05) is 24.0 Å². The van der Waals surface area contributed by atoms with Crippen LogP contribution in [0.25, 0.3) is 0 Å². The van der Waals surface area contributed by atoms with Crippen LogP contribution in [0.4, 0.5) is 10.1 Å². The Hall–Kier alpha value is -3.21. The summed E-state index contributed by atoms with van der Waals surface area (Å²) in [6.07, 6.45) is 2.19. The summed E-state index contributed by atoms with van der Waals surface area (Å²) >= 11 is 6.19. The smallest absolute Gasteiger partial charge is 0.255 e. The van der Waals surface area contributed by atoms with Gasteiger partial charge in [-0.25, -0.2) is 19.8 Å². The first-order valence-corrected chi connectivity index (χ1v) is 10.8. The van der Waals surface area contributed by atoms with Crippen LogP contribution < -0.4 is 10.7 Å². The SMILES string of the molecule is Cc1cccc(Cl)c1NC(=O)c1ccnc(/C=N/NC2=NC(N3CCOCC3)C(F)C=N2)c1. The standard InChI is InChI=1S/C22H23ClFN7O2/c1-14-3-2-4-17(23)19(14)28-21(32)15-5-6-25-16(11-15)12-27-30-22-26-13-18(24)20(29-22)31-7-9-33-10-8-31/h2-6,11-13,18,20H,7-10H2,1H3,(H,28,32)(H,29,30)/b27-12+. The molecule has 2 aromatic rings. The third kappa shape index (κ3) is 5.78. The number of rotatable bonds is 5. The number of hydrazone groups is 1. The van der Waals surface area contributed by atoms with E-state index in [-0.39, 0.29) is 11.9 Å². The molecule has 0 aliphatic carbocycles. The minimum absolute atomic E-state index is 0.194. The number of carbonyl (C=O) groups is 1. The second-order valence-electron chi connectivity index (χ2n) is 7.46. The average Bonchev–Trinajstić information content (AvgIpc) is 2.83. The highest BCUT2D eigenvalue weighted by Crippen LogP contribution is 2.25. The van der Waals surface area contributed by atoms with E-state index in [9.17, 15) is 9.18 Å². The van der Waals surface area contributed by atoms with Crippen LogP contribution in [0.3, 0.4) is 0 Å². The van der Waals surface area contributed by atoms with Crippen molar-refractivity contribution < 1.29 is 13.9 Å². The van der Waals surface area contributed by atoms with Crippen LogP contribution in [-0.2, 0) is 4.74 Å². The molecule has 3 heterocycles. The Morgan fingerprint density at radius 3 is 2.94 bits per heavy atom. The van der Waals surface area contributed by atoms with Crippen molar-refractivity contribution in [3.8, 4) is 0 Å². The number of para-hydroxylation sites is 1. The molecule has 1 saturated heterocycles. The number of alkyl halides is 1. The Morgan fingerprint density at radius 2 is 2.15 bits per heavy atom. The van der Waals surface area contributed by atoms with E-state index in [1.165, 1.54) is 18.6 Å². The molecule has 0 spiro atoms. The van der Waals surface area contributed by atoms with Crippen LogP contribution in [0.1, 0.15) is 21.6 Å². The molecule has 2 atom stereocenters. The highest BCUT2D eigenvalue weighted by molar-refractivity contribution is 6.34. The number of ether oxygens (including phenoxy) is 1. The summed E-state index contributed by atoms with van der Waals surface area (Å²) in [6, 6.07) is 8.58. The summed E-state index contributed by atoms with van der Waals surface area (Å²) < 4.78 is 19.6. The molecule has 2 aliphatic heterocycles. The van der Waals surface area contributed by atoms with Gasteiger partial charge in [0.2, 0.25) is 5.96 Å². The Balaban J connectivity index is 1.40. The second-order valence-corrected chi connectivity index (χ2v) is 7.87. The number of aryl methyl sites for hydroxylation is 1. The minimum atomic E-state index is -1.30. The van der Waals surface area contributed by atoms with E-state index >= 15 is 0 Å². The fraction of sp³-hybridized carbons (Fsp3) is 0.318. The molecule has 172 valence electrons. The monoisotopic (exact) mass is 471 g/mol. The van der Waals surface area contributed by atoms with Crippen molar-refractivity contribution in [2.24, 2.45) is 15.1 Å². The quantitative estimate of drug-likeness (QED) is 0.515. The van der Waals surface area contributed by atoms with Crippen molar-refractivity contribution in [3.63, 3.8) is 0 Å². The predicted molar refractivity (Wildman–Crippen MR) is 126 cm³/mol. The second kappa shape index (κ2) is 10.6. The maximum absolute atomic E-state index is 14.3. The third-order valence-electron chi connectivity index (χ3n) is 5.16. The lowest BCUT2D eigenvalue weighted by molar-refractivity contribution is 0.00754. The minimum Gasteiger partial charge on any atom is -0.379 e. The molecule has 0 radical (unpaired) electrons. The highest BCUT2D eigenvalue weighted by atomic mass is 35.5. The maximum Gasteiger partial charge on any atom is 0.255 e. The zero-order valence-electron chi connectivity index (χ0n) is 17.9. The van der Waals surface area contributed by atoms with Gasteiger partial charge < -0.3 is 10.1 Å². The lowest BCUT2D eigenvalue weighted by Gasteiger charge is -2.33. The number of hydrogen-bond donors (Lipinski definition) is 2. The Kier molecular flexibility index (Phi) is 7.38. The van der Waals surface area contributed by atoms with Crippen molar-refractivity contribution in [1.82, 2.24) is 15.3 Å². The number of morpholine rings is 1. The first-order chi connectivity index (χ1) is 16.0. The molecule has 1 amide bonds. The Morgan fingerprint density at radius 1 is 1.33 bits per heavy atom. The Bertz CT molecular complexity index is 1080. The molecule has 1 aromatic carbocycles. The maximum atomic E-state index is 14.3. The molecule has 2 aliphatic rings. The average molecular weight is 472 g/mol. The van der Waals surface area contributed by atoms with E-state index in [2.05, 4.69) is 30.8 Å². The zero-order chi connectivity index (χ0) is 23.2. The molecule has 2 unspecified atom stereocenters. The number of guanidine groups is 1. The third-order valence-corrected chi connectivity index (χ3v) is 5.48. The summed E-state index contributed by atoms with van der Waals surface area (Å²) in [7, 11) is 0. The van der Waals surface area contributed by atoms with Crippen LogP contribution in [-0.4, -0.2) is 72.8 Å². The predicted octanol–water partition coefficient (Wildman–Crippen LogP) is 2.66. The van der Waals surface area contributed by atoms with Crippen molar-refractivity contribution >= 4 is 41.6 Å². The summed E-state index contributed by atoms with van der Waals surface area (Å²) in [5, 5.41) is 7.37. The number of aliphatic imine (C=N–C) groups is 2. The van der Waals surface area contributed by atoms with E-state index < -0.39 is 12.3 Å². The molecule has 9 nitrogen and oxygen atoms in total. The number of aromatic nitrogens is 1. The largest absolute Gasteiger partial charge is 0.379 e. The normalized spacial score (nSPS) is 21.1. The van der Waals surface area contributed by atoms with Gasteiger partial charge in [0.25, 0.3) is 5.91 Å². The number of nitrogens with zero attached hydrogens (tertiary/aromatic N) is 5. The molecule has 2 N–H and O–H groups in total. The number of anilines is 1. The van der Waals surface area contributed by atoms with Crippen molar-refractivity contribution in [3.05, 3.63) is 58.4 Å². The highest BCUT2D eigenvalue weighted by Gasteiger charge is 2.30. The zero-order valence-corrected chi connectivity index (χ0v) is 18.7. The number of hydrogen-bond acceptors (Lipinski definition) is 8. The van der Waals surface area contributed by atoms with Crippen LogP contribution in [0, 0.1) is 6.92 Å². The number of amides is 1. The molecule has 11 heteroatoms. The van der Waals surface area contributed by atoms with E-state index in [1.54, 1.807) is 18.2 Å². The number of carbonyl (C=O) groups excluding carboxylic acids is 1. The number of halogens is 2. The molecule has 0 saturated carbocycles. The molecule has 4 rings (SSSR count). The molecule has 33 heavy (non-hydrogen) atoms. The van der Waals surface area contributed by atoms with Gasteiger partial charge in [-0.05, 0) is 30.7 Å². The first kappa shape index (κ1) is 23.0. The molecule has 1 fully saturated rings. The van der Waals surface area contributed by atoms with Crippen molar-refractivity contribution in [1.29, 1.82) is 0 Å². The number of nitrogens with one attached hydrogen (secondary N) is 2. The lowest BCUT2D eigenvalue weighted by Crippen LogP contribution is -2.49. The van der Waals surface area contributed by atoms with E-state index in [0.29, 0.717) is 48.3 Å². The van der Waals surface area contributed by atoms with Gasteiger partial charge in [0.05, 0.1) is 35.8 Å². The van der Waals surface area contributed by atoms with Gasteiger partial charge in [0.1, 0.15) is 6.17 Å². The van der Waals surface area contributed by atoms with Crippen LogP contribution in [0.15, 0.2) is 51.6 Å². The van der Waals surface area contributed by atoms with E-state index in [0.717, 1.165) is 5.56 Å². The molecular weight excluding hydrogens is 449 g/mol. The van der Waals surface area contributed by atoms with Gasteiger partial charge >= 0.3 is 0 Å². The summed E-state index contributed by atoms with van der Waals surface area (Å²) in [5.41, 5.74) is 4.96. The van der Waals surface area contributed by atoms with Gasteiger partial charge in [0, 0.05) is 31.1 Å². The van der Waals surface area contributed by atoms with Gasteiger partial charge in [-0.3, -0.25) is 14.7 Å². The van der Waals surface area contributed by atoms with Gasteiger partial charge in [-0.1, -0.05) is 23.7 Å². The summed E-state index contributed by atoms with van der Waals surface area (Å²) in [6.45, 7) is 4.16. The van der Waals surface area contributed by atoms with Crippen LogP contribution >= 0.6 is 11.6 Å². The van der Waals surface area contributed by atoms with Gasteiger partial charge in [0.15, 0.2) is 6.17 Å². The fourth-order valence-electron chi connectivity index (χ4n) is 3.42. The molecule has 1 aromatic heterocycles. The van der Waals surface area contributed by atoms with Crippen molar-refractivity contribution in [2.75, 3.05) is 31.6 Å². The Labute approximate surface area is 195 Å². The fourth-order valence-corrected chi connectivity index (χ4v) is 3.69. The van der Waals surface area contributed by atoms with Crippen LogP contribution in [0.5, 0.6) is 0 Å². The van der Waals surface area contributed by atoms with E-state index in [4.69, 9.17) is 16.3 Å². The van der Waals surface area contributed by atoms with Gasteiger partial charge in [-0.2, -0.15) is 5.10 Å². The topological polar surface area (TPSA) is 104 Å². The summed E-state index contributed by atoms with van der Waals surface area (Å²) in [4.78, 5) is 27.1. The number of benzene rings is 1. The van der Waals surface area contributed by atoms with Crippen molar-refractivity contribution in [2.45, 2.75) is 19.3 Å². The van der Waals surface area contributed by atoms with Crippen LogP contribution in [0.2, 0.25) is 5.02 Å². The first-order valence-electron chi connectivity index (χ1n) is 10.4. The van der Waals surface area contributed by atoms with Gasteiger partial charge in [-0.15, -0.1) is 0 Å². The molecular formula is C22H23ClFN7O2.